The SMILES string of the molecule is CC1=C(C(=O)O)C(c2cccc(Cl)c2)N(CCCN(C)C(=O)c2ccc3oc4ccccc4c3c2)C(=O)N1. The van der Waals surface area contributed by atoms with Crippen molar-refractivity contribution in [1.29, 1.82) is 0 Å². The van der Waals surface area contributed by atoms with Crippen LogP contribution in [0.5, 0.6) is 0 Å². The number of nitrogens with one attached hydrogen (secondary N) is 1. The first-order valence-corrected chi connectivity index (χ1v) is 12.6. The minimum atomic E-state index is -1.12. The third-order valence-electron chi connectivity index (χ3n) is 6.80. The van der Waals surface area contributed by atoms with Gasteiger partial charge in [0.05, 0.1) is 11.6 Å². The quantitative estimate of drug-likeness (QED) is 0.312. The molecule has 1 unspecified atom stereocenters. The molecule has 0 spiro atoms. The summed E-state index contributed by atoms with van der Waals surface area (Å²) in [5.74, 6) is -1.28. The minimum Gasteiger partial charge on any atom is -0.478 e. The maximum Gasteiger partial charge on any atom is 0.335 e. The highest BCUT2D eigenvalue weighted by Crippen LogP contribution is 2.35. The van der Waals surface area contributed by atoms with Gasteiger partial charge in [0.1, 0.15) is 11.2 Å². The van der Waals surface area contributed by atoms with E-state index in [4.69, 9.17) is 16.0 Å². The number of benzene rings is 3. The van der Waals surface area contributed by atoms with Crippen LogP contribution < -0.4 is 5.32 Å². The highest BCUT2D eigenvalue weighted by Gasteiger charge is 2.37. The molecule has 1 atom stereocenters. The molecule has 8 nitrogen and oxygen atoms in total. The minimum absolute atomic E-state index is 0.0805. The summed E-state index contributed by atoms with van der Waals surface area (Å²) in [6, 6.07) is 18.7. The number of halogens is 1. The Bertz CT molecular complexity index is 1610. The molecule has 0 aliphatic carbocycles. The van der Waals surface area contributed by atoms with Crippen molar-refractivity contribution in [3.8, 4) is 0 Å². The number of carbonyl (C=O) groups is 3. The van der Waals surface area contributed by atoms with Crippen molar-refractivity contribution in [2.75, 3.05) is 20.1 Å². The molecule has 194 valence electrons. The van der Waals surface area contributed by atoms with E-state index in [2.05, 4.69) is 5.32 Å². The number of fused-ring (bicyclic) bond motifs is 3. The van der Waals surface area contributed by atoms with E-state index in [1.807, 2.05) is 30.3 Å². The molecule has 9 heteroatoms. The van der Waals surface area contributed by atoms with E-state index in [0.717, 1.165) is 16.4 Å². The summed E-state index contributed by atoms with van der Waals surface area (Å²) in [4.78, 5) is 41.4. The van der Waals surface area contributed by atoms with Gasteiger partial charge in [0.25, 0.3) is 5.91 Å². The number of hydrogen-bond acceptors (Lipinski definition) is 4. The molecule has 0 saturated carbocycles. The maximum absolute atomic E-state index is 13.2. The predicted octanol–water partition coefficient (Wildman–Crippen LogP) is 5.83. The summed E-state index contributed by atoms with van der Waals surface area (Å²) in [5.41, 5.74) is 2.99. The van der Waals surface area contributed by atoms with Gasteiger partial charge in [-0.1, -0.05) is 41.9 Å². The van der Waals surface area contributed by atoms with Gasteiger partial charge in [0.15, 0.2) is 0 Å². The number of aliphatic carboxylic acids is 1. The largest absolute Gasteiger partial charge is 0.478 e. The predicted molar refractivity (Wildman–Crippen MR) is 145 cm³/mol. The van der Waals surface area contributed by atoms with Crippen LogP contribution >= 0.6 is 11.6 Å². The molecule has 38 heavy (non-hydrogen) atoms. The van der Waals surface area contributed by atoms with E-state index >= 15 is 0 Å². The number of carboxylic acid groups (broad SMARTS) is 1. The summed E-state index contributed by atoms with van der Waals surface area (Å²) >= 11 is 6.18. The number of carbonyl (C=O) groups excluding carboxylic acids is 2. The van der Waals surface area contributed by atoms with Crippen LogP contribution in [-0.4, -0.2) is 53.0 Å². The number of rotatable bonds is 7. The first-order valence-electron chi connectivity index (χ1n) is 12.2. The van der Waals surface area contributed by atoms with E-state index in [-0.39, 0.29) is 23.7 Å². The molecule has 1 aliphatic rings. The third-order valence-corrected chi connectivity index (χ3v) is 7.04. The summed E-state index contributed by atoms with van der Waals surface area (Å²) < 4.78 is 5.85. The first kappa shape index (κ1) is 25.4. The normalized spacial score (nSPS) is 15.7. The average Bonchev–Trinajstić information content (AvgIpc) is 3.26. The van der Waals surface area contributed by atoms with Gasteiger partial charge in [-0.15, -0.1) is 0 Å². The molecule has 0 fully saturated rings. The van der Waals surface area contributed by atoms with Crippen LogP contribution in [0.15, 0.2) is 82.4 Å². The van der Waals surface area contributed by atoms with Crippen molar-refractivity contribution in [3.05, 3.63) is 94.1 Å². The zero-order valence-electron chi connectivity index (χ0n) is 20.9. The Morgan fingerprint density at radius 1 is 1.05 bits per heavy atom. The van der Waals surface area contributed by atoms with Crippen molar-refractivity contribution in [2.24, 2.45) is 0 Å². The molecule has 5 rings (SSSR count). The first-order chi connectivity index (χ1) is 18.2. The van der Waals surface area contributed by atoms with Gasteiger partial charge in [0.2, 0.25) is 0 Å². The topological polar surface area (TPSA) is 103 Å². The molecule has 2 heterocycles. The maximum atomic E-state index is 13.2. The molecule has 3 aromatic carbocycles. The Balaban J connectivity index is 1.33. The number of hydrogen-bond donors (Lipinski definition) is 2. The van der Waals surface area contributed by atoms with Crippen LogP contribution in [0.1, 0.15) is 35.3 Å². The molecule has 0 saturated heterocycles. The molecule has 2 N–H and O–H groups in total. The highest BCUT2D eigenvalue weighted by molar-refractivity contribution is 6.30. The fourth-order valence-corrected chi connectivity index (χ4v) is 5.17. The second kappa shape index (κ2) is 10.2. The van der Waals surface area contributed by atoms with Crippen molar-refractivity contribution >= 4 is 51.4 Å². The summed E-state index contributed by atoms with van der Waals surface area (Å²) in [7, 11) is 1.71. The van der Waals surface area contributed by atoms with Gasteiger partial charge >= 0.3 is 12.0 Å². The Hall–Kier alpha value is -4.30. The van der Waals surface area contributed by atoms with Crippen LogP contribution in [0.4, 0.5) is 4.79 Å². The molecular weight excluding hydrogens is 506 g/mol. The number of urea groups is 1. The molecule has 1 aliphatic heterocycles. The second-order valence-electron chi connectivity index (χ2n) is 9.31. The lowest BCUT2D eigenvalue weighted by molar-refractivity contribution is -0.133. The van der Waals surface area contributed by atoms with Gasteiger partial charge < -0.3 is 24.6 Å². The average molecular weight is 532 g/mol. The van der Waals surface area contributed by atoms with Crippen LogP contribution in [0.3, 0.4) is 0 Å². The number of furan rings is 1. The molecular formula is C29H26ClN3O5. The Morgan fingerprint density at radius 3 is 2.58 bits per heavy atom. The number of carboxylic acids is 1. The fourth-order valence-electron chi connectivity index (χ4n) is 4.97. The van der Waals surface area contributed by atoms with Gasteiger partial charge in [-0.2, -0.15) is 0 Å². The van der Waals surface area contributed by atoms with Gasteiger partial charge in [-0.3, -0.25) is 4.79 Å². The second-order valence-corrected chi connectivity index (χ2v) is 9.75. The molecule has 1 aromatic heterocycles. The third kappa shape index (κ3) is 4.70. The van der Waals surface area contributed by atoms with E-state index in [1.54, 1.807) is 55.3 Å². The highest BCUT2D eigenvalue weighted by atomic mass is 35.5. The zero-order chi connectivity index (χ0) is 27.0. The lowest BCUT2D eigenvalue weighted by Crippen LogP contribution is -2.49. The number of para-hydroxylation sites is 1. The van der Waals surface area contributed by atoms with Crippen LogP contribution in [0.2, 0.25) is 5.02 Å². The number of amides is 3. The molecule has 0 radical (unpaired) electrons. The van der Waals surface area contributed by atoms with Crippen LogP contribution in [0.25, 0.3) is 21.9 Å². The van der Waals surface area contributed by atoms with Crippen LogP contribution in [0, 0.1) is 0 Å². The monoisotopic (exact) mass is 531 g/mol. The van der Waals surface area contributed by atoms with E-state index < -0.39 is 18.0 Å². The molecule has 4 aromatic rings. The van der Waals surface area contributed by atoms with E-state index in [1.165, 1.54) is 4.90 Å². The Kier molecular flexibility index (Phi) is 6.82. The molecule has 0 bridgehead atoms. The van der Waals surface area contributed by atoms with Crippen molar-refractivity contribution in [3.63, 3.8) is 0 Å². The lowest BCUT2D eigenvalue weighted by Gasteiger charge is -2.37. The van der Waals surface area contributed by atoms with Gasteiger partial charge in [0, 0.05) is 47.2 Å². The zero-order valence-corrected chi connectivity index (χ0v) is 21.7. The fraction of sp³-hybridized carbons (Fsp3) is 0.207. The summed E-state index contributed by atoms with van der Waals surface area (Å²) in [6.45, 7) is 2.17. The van der Waals surface area contributed by atoms with Gasteiger partial charge in [-0.25, -0.2) is 9.59 Å². The van der Waals surface area contributed by atoms with Crippen LogP contribution in [-0.2, 0) is 4.79 Å². The Morgan fingerprint density at radius 2 is 1.82 bits per heavy atom. The number of nitrogens with zero attached hydrogens (tertiary/aromatic N) is 2. The molecule has 3 amide bonds. The van der Waals surface area contributed by atoms with E-state index in [0.29, 0.717) is 34.7 Å². The Labute approximate surface area is 224 Å². The smallest absolute Gasteiger partial charge is 0.335 e. The summed E-state index contributed by atoms with van der Waals surface area (Å²) in [5, 5.41) is 14.8. The van der Waals surface area contributed by atoms with Gasteiger partial charge in [-0.05, 0) is 55.3 Å². The summed E-state index contributed by atoms with van der Waals surface area (Å²) in [6.07, 6.45) is 0.440. The standard InChI is InChI=1S/C29H26ClN3O5/c1-17-25(28(35)36)26(18-7-5-8-20(30)15-18)33(29(37)31-17)14-6-13-32(2)27(34)19-11-12-24-22(16-19)21-9-3-4-10-23(21)38-24/h3-5,7-12,15-16,26H,6,13-14H2,1-2H3,(H,31,37)(H,35,36). The van der Waals surface area contributed by atoms with Crippen molar-refractivity contribution < 1.29 is 23.9 Å². The lowest BCUT2D eigenvalue weighted by atomic mass is 9.93. The van der Waals surface area contributed by atoms with Crippen molar-refractivity contribution in [2.45, 2.75) is 19.4 Å². The number of allylic oxidation sites excluding steroid dienone is 1. The van der Waals surface area contributed by atoms with E-state index in [9.17, 15) is 19.5 Å². The van der Waals surface area contributed by atoms with Crippen molar-refractivity contribution in [1.82, 2.24) is 15.1 Å².